The largest absolute Gasteiger partial charge is 0.396 e. The molecule has 0 radical (unpaired) electrons. The van der Waals surface area contributed by atoms with E-state index in [-0.39, 0.29) is 6.61 Å². The third-order valence-corrected chi connectivity index (χ3v) is 2.82. The lowest BCUT2D eigenvalue weighted by Gasteiger charge is -2.26. The SMILES string of the molecule is CCNC(CCO)CN(C)CC(C)CC. The summed E-state index contributed by atoms with van der Waals surface area (Å²) in [5.74, 6) is 0.756. The van der Waals surface area contributed by atoms with Gasteiger partial charge in [-0.3, -0.25) is 0 Å². The molecule has 0 amide bonds. The fourth-order valence-corrected chi connectivity index (χ4v) is 1.81. The van der Waals surface area contributed by atoms with Crippen LogP contribution in [-0.2, 0) is 0 Å². The quantitative estimate of drug-likeness (QED) is 0.610. The molecular formula is C12H28N2O. The van der Waals surface area contributed by atoms with Gasteiger partial charge < -0.3 is 15.3 Å². The maximum absolute atomic E-state index is 8.95. The Morgan fingerprint density at radius 1 is 1.27 bits per heavy atom. The predicted octanol–water partition coefficient (Wildman–Crippen LogP) is 1.32. The van der Waals surface area contributed by atoms with Crippen molar-refractivity contribution in [3.05, 3.63) is 0 Å². The third-order valence-electron chi connectivity index (χ3n) is 2.82. The van der Waals surface area contributed by atoms with Crippen molar-refractivity contribution in [2.75, 3.05) is 33.3 Å². The van der Waals surface area contributed by atoms with Crippen LogP contribution in [0.5, 0.6) is 0 Å². The van der Waals surface area contributed by atoms with E-state index in [1.165, 1.54) is 6.42 Å². The normalized spacial score (nSPS) is 15.6. The van der Waals surface area contributed by atoms with E-state index < -0.39 is 0 Å². The molecule has 2 unspecified atom stereocenters. The van der Waals surface area contributed by atoms with Crippen LogP contribution in [0.2, 0.25) is 0 Å². The van der Waals surface area contributed by atoms with Crippen molar-refractivity contribution in [3.63, 3.8) is 0 Å². The molecule has 0 heterocycles. The van der Waals surface area contributed by atoms with Crippen LogP contribution in [0.4, 0.5) is 0 Å². The second kappa shape index (κ2) is 9.13. The van der Waals surface area contributed by atoms with Gasteiger partial charge in [0, 0.05) is 25.7 Å². The van der Waals surface area contributed by atoms with Crippen molar-refractivity contribution in [2.24, 2.45) is 5.92 Å². The molecular weight excluding hydrogens is 188 g/mol. The molecule has 0 rings (SSSR count). The third kappa shape index (κ3) is 7.77. The van der Waals surface area contributed by atoms with Crippen molar-refractivity contribution in [1.82, 2.24) is 10.2 Å². The molecule has 0 aromatic carbocycles. The fourth-order valence-electron chi connectivity index (χ4n) is 1.81. The molecule has 3 heteroatoms. The molecule has 0 aromatic heterocycles. The molecule has 0 spiro atoms. The van der Waals surface area contributed by atoms with Crippen LogP contribution in [0.1, 0.15) is 33.6 Å². The highest BCUT2D eigenvalue weighted by Crippen LogP contribution is 2.04. The van der Waals surface area contributed by atoms with E-state index in [1.54, 1.807) is 0 Å². The lowest BCUT2D eigenvalue weighted by atomic mass is 10.1. The van der Waals surface area contributed by atoms with Gasteiger partial charge in [0.25, 0.3) is 0 Å². The van der Waals surface area contributed by atoms with Gasteiger partial charge in [-0.1, -0.05) is 27.2 Å². The lowest BCUT2D eigenvalue weighted by Crippen LogP contribution is -2.41. The Bertz CT molecular complexity index is 136. The second-order valence-electron chi connectivity index (χ2n) is 4.50. The number of hydrogen-bond donors (Lipinski definition) is 2. The Kier molecular flexibility index (Phi) is 9.06. The van der Waals surface area contributed by atoms with Gasteiger partial charge in [0.15, 0.2) is 0 Å². The zero-order chi connectivity index (χ0) is 11.7. The number of likely N-dealkylation sites (N-methyl/N-ethyl adjacent to an activating group) is 2. The maximum Gasteiger partial charge on any atom is 0.0446 e. The minimum Gasteiger partial charge on any atom is -0.396 e. The van der Waals surface area contributed by atoms with Crippen LogP contribution in [0.15, 0.2) is 0 Å². The summed E-state index contributed by atoms with van der Waals surface area (Å²) in [6, 6.07) is 0.425. The lowest BCUT2D eigenvalue weighted by molar-refractivity contribution is 0.215. The highest BCUT2D eigenvalue weighted by atomic mass is 16.3. The van der Waals surface area contributed by atoms with Gasteiger partial charge in [-0.25, -0.2) is 0 Å². The average Bonchev–Trinajstić information content (AvgIpc) is 2.18. The van der Waals surface area contributed by atoms with E-state index in [4.69, 9.17) is 5.11 Å². The number of hydrogen-bond acceptors (Lipinski definition) is 3. The zero-order valence-corrected chi connectivity index (χ0v) is 10.8. The van der Waals surface area contributed by atoms with Crippen molar-refractivity contribution in [3.8, 4) is 0 Å². The summed E-state index contributed by atoms with van der Waals surface area (Å²) in [4.78, 5) is 2.36. The van der Waals surface area contributed by atoms with E-state index in [2.05, 4.69) is 38.0 Å². The molecule has 0 saturated heterocycles. The Balaban J connectivity index is 3.81. The number of nitrogens with one attached hydrogen (secondary N) is 1. The average molecular weight is 216 g/mol. The summed E-state index contributed by atoms with van der Waals surface area (Å²) in [7, 11) is 2.16. The minimum atomic E-state index is 0.273. The van der Waals surface area contributed by atoms with Crippen molar-refractivity contribution in [1.29, 1.82) is 0 Å². The summed E-state index contributed by atoms with van der Waals surface area (Å²) in [5.41, 5.74) is 0. The predicted molar refractivity (Wildman–Crippen MR) is 66.1 cm³/mol. The first-order valence-corrected chi connectivity index (χ1v) is 6.16. The van der Waals surface area contributed by atoms with Crippen molar-refractivity contribution >= 4 is 0 Å². The Morgan fingerprint density at radius 3 is 2.40 bits per heavy atom. The monoisotopic (exact) mass is 216 g/mol. The van der Waals surface area contributed by atoms with Gasteiger partial charge >= 0.3 is 0 Å². The zero-order valence-electron chi connectivity index (χ0n) is 10.8. The van der Waals surface area contributed by atoms with E-state index in [1.807, 2.05) is 0 Å². The van der Waals surface area contributed by atoms with Gasteiger partial charge in [0.05, 0.1) is 0 Å². The fraction of sp³-hybridized carbons (Fsp3) is 1.00. The topological polar surface area (TPSA) is 35.5 Å². The highest BCUT2D eigenvalue weighted by Gasteiger charge is 2.11. The van der Waals surface area contributed by atoms with Crippen LogP contribution in [0, 0.1) is 5.92 Å². The Morgan fingerprint density at radius 2 is 1.93 bits per heavy atom. The Hall–Kier alpha value is -0.120. The van der Waals surface area contributed by atoms with E-state index in [0.717, 1.165) is 32.0 Å². The standard InChI is InChI=1S/C12H28N2O/c1-5-11(3)9-14(4)10-12(7-8-15)13-6-2/h11-13,15H,5-10H2,1-4H3. The van der Waals surface area contributed by atoms with Gasteiger partial charge in [0.1, 0.15) is 0 Å². The maximum atomic E-state index is 8.95. The minimum absolute atomic E-state index is 0.273. The second-order valence-corrected chi connectivity index (χ2v) is 4.50. The molecule has 0 saturated carbocycles. The molecule has 3 nitrogen and oxygen atoms in total. The molecule has 0 aliphatic rings. The van der Waals surface area contributed by atoms with E-state index in [0.29, 0.717) is 6.04 Å². The summed E-state index contributed by atoms with van der Waals surface area (Å²) in [5, 5.41) is 12.3. The molecule has 0 aromatic rings. The van der Waals surface area contributed by atoms with E-state index >= 15 is 0 Å². The Labute approximate surface area is 94.9 Å². The number of aliphatic hydroxyl groups excluding tert-OH is 1. The van der Waals surface area contributed by atoms with Gasteiger partial charge in [-0.15, -0.1) is 0 Å². The van der Waals surface area contributed by atoms with Crippen molar-refractivity contribution in [2.45, 2.75) is 39.7 Å². The first-order valence-electron chi connectivity index (χ1n) is 6.16. The van der Waals surface area contributed by atoms with Crippen molar-refractivity contribution < 1.29 is 5.11 Å². The molecule has 15 heavy (non-hydrogen) atoms. The number of rotatable bonds is 9. The van der Waals surface area contributed by atoms with Crippen LogP contribution in [-0.4, -0.2) is 49.3 Å². The number of aliphatic hydroxyl groups is 1. The van der Waals surface area contributed by atoms with Gasteiger partial charge in [-0.2, -0.15) is 0 Å². The molecule has 2 atom stereocenters. The van der Waals surface area contributed by atoms with Crippen LogP contribution in [0.3, 0.4) is 0 Å². The first-order chi connectivity index (χ1) is 7.13. The molecule has 0 fully saturated rings. The highest BCUT2D eigenvalue weighted by molar-refractivity contribution is 4.70. The molecule has 0 aliphatic carbocycles. The van der Waals surface area contributed by atoms with Gasteiger partial charge in [-0.05, 0) is 25.9 Å². The molecule has 92 valence electrons. The molecule has 2 N–H and O–H groups in total. The molecule has 0 aliphatic heterocycles. The number of nitrogens with zero attached hydrogens (tertiary/aromatic N) is 1. The summed E-state index contributed by atoms with van der Waals surface area (Å²) >= 11 is 0. The van der Waals surface area contributed by atoms with E-state index in [9.17, 15) is 0 Å². The summed E-state index contributed by atoms with van der Waals surface area (Å²) in [6.45, 7) is 10.0. The van der Waals surface area contributed by atoms with Crippen LogP contribution in [0.25, 0.3) is 0 Å². The molecule has 0 bridgehead atoms. The summed E-state index contributed by atoms with van der Waals surface area (Å²) in [6.07, 6.45) is 2.08. The first kappa shape index (κ1) is 14.9. The van der Waals surface area contributed by atoms with Crippen LogP contribution >= 0.6 is 0 Å². The van der Waals surface area contributed by atoms with Gasteiger partial charge in [0.2, 0.25) is 0 Å². The van der Waals surface area contributed by atoms with Crippen LogP contribution < -0.4 is 5.32 Å². The smallest absolute Gasteiger partial charge is 0.0446 e. The summed E-state index contributed by atoms with van der Waals surface area (Å²) < 4.78 is 0.